The van der Waals surface area contributed by atoms with E-state index in [2.05, 4.69) is 28.2 Å². The molecule has 0 fully saturated rings. The van der Waals surface area contributed by atoms with Gasteiger partial charge in [-0.2, -0.15) is 0 Å². The van der Waals surface area contributed by atoms with Gasteiger partial charge in [0.25, 0.3) is 0 Å². The first kappa shape index (κ1) is 18.5. The first-order valence-corrected chi connectivity index (χ1v) is 8.83. The van der Waals surface area contributed by atoms with Gasteiger partial charge in [0, 0.05) is 27.8 Å². The van der Waals surface area contributed by atoms with Gasteiger partial charge in [0.05, 0.1) is 0 Å². The summed E-state index contributed by atoms with van der Waals surface area (Å²) in [5.74, 6) is -0.139. The number of carbonyl (C=O) groups excluding carboxylic acids is 1. The molecule has 1 atom stereocenters. The molecule has 128 valence electrons. The summed E-state index contributed by atoms with van der Waals surface area (Å²) in [4.78, 5) is 11.8. The van der Waals surface area contributed by atoms with Crippen LogP contribution in [0.15, 0.2) is 46.9 Å². The fourth-order valence-corrected chi connectivity index (χ4v) is 3.02. The number of aldehydes is 1. The molecule has 0 saturated heterocycles. The van der Waals surface area contributed by atoms with Gasteiger partial charge in [-0.15, -0.1) is 0 Å². The number of benzene rings is 2. The number of aromatic hydroxyl groups is 1. The van der Waals surface area contributed by atoms with E-state index < -0.39 is 5.60 Å². The molecule has 0 bridgehead atoms. The number of carbonyl (C=O) groups is 1. The summed E-state index contributed by atoms with van der Waals surface area (Å²) in [7, 11) is 0. The van der Waals surface area contributed by atoms with Gasteiger partial charge in [0.15, 0.2) is 11.9 Å². The number of rotatable bonds is 8. The third kappa shape index (κ3) is 3.97. The van der Waals surface area contributed by atoms with Crippen molar-refractivity contribution >= 4 is 27.9 Å². The van der Waals surface area contributed by atoms with Gasteiger partial charge >= 0.3 is 0 Å². The molecule has 0 amide bonds. The average Bonchev–Trinajstić information content (AvgIpc) is 2.58. The number of unbranched alkanes of at least 4 members (excludes halogenated alkanes) is 2. The lowest BCUT2D eigenvalue weighted by molar-refractivity contribution is -0.121. The van der Waals surface area contributed by atoms with Crippen molar-refractivity contribution in [3.8, 4) is 5.75 Å². The summed E-state index contributed by atoms with van der Waals surface area (Å²) < 4.78 is 0.669. The maximum atomic E-state index is 11.8. The minimum Gasteiger partial charge on any atom is -0.507 e. The summed E-state index contributed by atoms with van der Waals surface area (Å²) in [6.45, 7) is 2.89. The highest BCUT2D eigenvalue weighted by molar-refractivity contribution is 9.10. The Morgan fingerprint density at radius 1 is 1.17 bits per heavy atom. The van der Waals surface area contributed by atoms with E-state index in [1.54, 1.807) is 24.3 Å². The van der Waals surface area contributed by atoms with Gasteiger partial charge in [0.2, 0.25) is 0 Å². The zero-order chi connectivity index (χ0) is 17.6. The molecule has 0 spiro atoms. The Morgan fingerprint density at radius 3 is 2.58 bits per heavy atom. The van der Waals surface area contributed by atoms with Crippen LogP contribution in [-0.2, 0) is 10.4 Å². The first-order chi connectivity index (χ1) is 11.5. The number of para-hydroxylation sites is 1. The van der Waals surface area contributed by atoms with Crippen LogP contribution in [0, 0.1) is 0 Å². The zero-order valence-electron chi connectivity index (χ0n) is 13.6. The van der Waals surface area contributed by atoms with E-state index in [4.69, 9.17) is 0 Å². The molecule has 1 unspecified atom stereocenters. The summed E-state index contributed by atoms with van der Waals surface area (Å²) in [5.41, 5.74) is -0.651. The highest BCUT2D eigenvalue weighted by atomic mass is 79.9. The van der Waals surface area contributed by atoms with Crippen LogP contribution in [0.5, 0.6) is 5.75 Å². The highest BCUT2D eigenvalue weighted by Gasteiger charge is 2.35. The quantitative estimate of drug-likeness (QED) is 0.466. The number of nitrogens with one attached hydrogen (secondary N) is 1. The molecule has 24 heavy (non-hydrogen) atoms. The summed E-state index contributed by atoms with van der Waals surface area (Å²) in [5, 5.41) is 24.5. The first-order valence-electron chi connectivity index (χ1n) is 8.04. The number of hydrogen-bond acceptors (Lipinski definition) is 4. The standard InChI is InChI=1S/C19H22BrNO3/c1-2-3-6-11-21-17-8-5-4-7-15(17)19(24,13-22)16-10-9-14(20)12-18(16)23/h4-5,7-10,12-13,21,23-24H,2-3,6,11H2,1H3. The van der Waals surface area contributed by atoms with Crippen LogP contribution in [0.4, 0.5) is 5.69 Å². The second kappa shape index (κ2) is 8.31. The lowest BCUT2D eigenvalue weighted by atomic mass is 9.86. The van der Waals surface area contributed by atoms with Crippen LogP contribution in [0.2, 0.25) is 0 Å². The van der Waals surface area contributed by atoms with Crippen LogP contribution >= 0.6 is 15.9 Å². The van der Waals surface area contributed by atoms with E-state index >= 15 is 0 Å². The molecule has 0 saturated carbocycles. The summed E-state index contributed by atoms with van der Waals surface area (Å²) in [6.07, 6.45) is 3.70. The van der Waals surface area contributed by atoms with E-state index in [-0.39, 0.29) is 11.3 Å². The molecule has 2 aromatic rings. The summed E-state index contributed by atoms with van der Waals surface area (Å²) >= 11 is 3.26. The van der Waals surface area contributed by atoms with E-state index in [0.717, 1.165) is 25.8 Å². The second-order valence-corrected chi connectivity index (χ2v) is 6.64. The van der Waals surface area contributed by atoms with Gasteiger partial charge in [-0.05, 0) is 24.6 Å². The third-order valence-corrected chi connectivity index (χ3v) is 4.47. The molecule has 0 heterocycles. The van der Waals surface area contributed by atoms with Crippen LogP contribution in [0.25, 0.3) is 0 Å². The predicted molar refractivity (Wildman–Crippen MR) is 99.3 cm³/mol. The normalized spacial score (nSPS) is 13.3. The number of halogens is 1. The van der Waals surface area contributed by atoms with Crippen LogP contribution in [0.3, 0.4) is 0 Å². The summed E-state index contributed by atoms with van der Waals surface area (Å²) in [6, 6.07) is 11.8. The monoisotopic (exact) mass is 391 g/mol. The zero-order valence-corrected chi connectivity index (χ0v) is 15.2. The number of anilines is 1. The molecule has 0 aliphatic heterocycles. The molecule has 0 aliphatic rings. The van der Waals surface area contributed by atoms with Crippen molar-refractivity contribution in [3.63, 3.8) is 0 Å². The maximum absolute atomic E-state index is 11.8. The van der Waals surface area contributed by atoms with Crippen molar-refractivity contribution in [1.82, 2.24) is 0 Å². The molecule has 3 N–H and O–H groups in total. The highest BCUT2D eigenvalue weighted by Crippen LogP contribution is 2.38. The minimum atomic E-state index is -1.92. The molecule has 4 nitrogen and oxygen atoms in total. The minimum absolute atomic E-state index is 0.139. The number of phenols is 1. The smallest absolute Gasteiger partial charge is 0.176 e. The Balaban J connectivity index is 2.41. The van der Waals surface area contributed by atoms with Gasteiger partial charge in [-0.25, -0.2) is 0 Å². The van der Waals surface area contributed by atoms with Crippen molar-refractivity contribution in [2.24, 2.45) is 0 Å². The van der Waals surface area contributed by atoms with Gasteiger partial charge in [-0.3, -0.25) is 4.79 Å². The van der Waals surface area contributed by atoms with Crippen LogP contribution in [0.1, 0.15) is 37.3 Å². The fraction of sp³-hybridized carbons (Fsp3) is 0.316. The molecular weight excluding hydrogens is 370 g/mol. The largest absolute Gasteiger partial charge is 0.507 e. The molecule has 0 radical (unpaired) electrons. The van der Waals surface area contributed by atoms with Crippen molar-refractivity contribution in [2.45, 2.75) is 31.8 Å². The van der Waals surface area contributed by atoms with Crippen molar-refractivity contribution < 1.29 is 15.0 Å². The lowest BCUT2D eigenvalue weighted by Gasteiger charge is -2.26. The average molecular weight is 392 g/mol. The Morgan fingerprint density at radius 2 is 1.92 bits per heavy atom. The van der Waals surface area contributed by atoms with Crippen molar-refractivity contribution in [2.75, 3.05) is 11.9 Å². The molecule has 2 aromatic carbocycles. The van der Waals surface area contributed by atoms with Crippen LogP contribution in [-0.4, -0.2) is 23.0 Å². The van der Waals surface area contributed by atoms with E-state index in [0.29, 0.717) is 22.0 Å². The third-order valence-electron chi connectivity index (χ3n) is 3.97. The van der Waals surface area contributed by atoms with Crippen molar-refractivity contribution in [3.05, 3.63) is 58.1 Å². The number of hydrogen-bond donors (Lipinski definition) is 3. The maximum Gasteiger partial charge on any atom is 0.176 e. The Kier molecular flexibility index (Phi) is 6.40. The lowest BCUT2D eigenvalue weighted by Crippen LogP contribution is -2.30. The Hall–Kier alpha value is -1.85. The molecule has 5 heteroatoms. The van der Waals surface area contributed by atoms with Crippen LogP contribution < -0.4 is 5.32 Å². The topological polar surface area (TPSA) is 69.6 Å². The van der Waals surface area contributed by atoms with Gasteiger partial charge in [0.1, 0.15) is 5.75 Å². The van der Waals surface area contributed by atoms with E-state index in [9.17, 15) is 15.0 Å². The molecule has 2 rings (SSSR count). The Labute approximate surface area is 150 Å². The van der Waals surface area contributed by atoms with Gasteiger partial charge in [-0.1, -0.05) is 60.0 Å². The second-order valence-electron chi connectivity index (χ2n) is 5.73. The Bertz CT molecular complexity index is 705. The predicted octanol–water partition coefficient (Wildman–Crippen LogP) is 4.19. The number of phenolic OH excluding ortho intramolecular Hbond substituents is 1. The van der Waals surface area contributed by atoms with Crippen molar-refractivity contribution in [1.29, 1.82) is 0 Å². The van der Waals surface area contributed by atoms with E-state index in [1.165, 1.54) is 6.07 Å². The molecule has 0 aliphatic carbocycles. The van der Waals surface area contributed by atoms with Gasteiger partial charge < -0.3 is 15.5 Å². The number of aliphatic hydroxyl groups is 1. The fourth-order valence-electron chi connectivity index (χ4n) is 2.67. The molecule has 0 aromatic heterocycles. The SMILES string of the molecule is CCCCCNc1ccccc1C(O)(C=O)c1ccc(Br)cc1O. The molecular formula is C19H22BrNO3. The van der Waals surface area contributed by atoms with E-state index in [1.807, 2.05) is 12.1 Å².